The SMILES string of the molecule is CCC(C)NC(C(=O)OC)c1cccc2ccccc12. The van der Waals surface area contributed by atoms with Crippen molar-refractivity contribution in [3.05, 3.63) is 48.0 Å². The quantitative estimate of drug-likeness (QED) is 0.847. The molecule has 1 N–H and O–H groups in total. The molecule has 0 heterocycles. The number of hydrogen-bond donors (Lipinski definition) is 1. The van der Waals surface area contributed by atoms with E-state index in [4.69, 9.17) is 4.74 Å². The monoisotopic (exact) mass is 271 g/mol. The number of benzene rings is 2. The lowest BCUT2D eigenvalue weighted by molar-refractivity contribution is -0.143. The number of nitrogens with one attached hydrogen (secondary N) is 1. The van der Waals surface area contributed by atoms with Crippen LogP contribution in [0.25, 0.3) is 10.8 Å². The number of carbonyl (C=O) groups excluding carboxylic acids is 1. The van der Waals surface area contributed by atoms with Crippen molar-refractivity contribution >= 4 is 16.7 Å². The average Bonchev–Trinajstić information content (AvgIpc) is 2.51. The summed E-state index contributed by atoms with van der Waals surface area (Å²) in [6.45, 7) is 4.16. The summed E-state index contributed by atoms with van der Waals surface area (Å²) in [4.78, 5) is 12.1. The van der Waals surface area contributed by atoms with Crippen LogP contribution in [0.4, 0.5) is 0 Å². The fourth-order valence-electron chi connectivity index (χ4n) is 2.31. The Morgan fingerprint density at radius 1 is 1.20 bits per heavy atom. The molecule has 2 unspecified atom stereocenters. The first-order chi connectivity index (χ1) is 9.67. The number of rotatable bonds is 5. The van der Waals surface area contributed by atoms with Crippen LogP contribution in [0.15, 0.2) is 42.5 Å². The minimum Gasteiger partial charge on any atom is -0.468 e. The first kappa shape index (κ1) is 14.5. The van der Waals surface area contributed by atoms with Crippen LogP contribution in [-0.4, -0.2) is 19.1 Å². The van der Waals surface area contributed by atoms with E-state index in [2.05, 4.69) is 31.3 Å². The molecule has 0 saturated carbocycles. The number of fused-ring (bicyclic) bond motifs is 1. The summed E-state index contributed by atoms with van der Waals surface area (Å²) < 4.78 is 4.96. The van der Waals surface area contributed by atoms with Gasteiger partial charge in [0.1, 0.15) is 6.04 Å². The van der Waals surface area contributed by atoms with E-state index in [0.29, 0.717) is 0 Å². The van der Waals surface area contributed by atoms with Crippen molar-refractivity contribution in [1.82, 2.24) is 5.32 Å². The molecule has 0 aliphatic heterocycles. The van der Waals surface area contributed by atoms with Crippen molar-refractivity contribution in [1.29, 1.82) is 0 Å². The number of ether oxygens (including phenoxy) is 1. The summed E-state index contributed by atoms with van der Waals surface area (Å²) in [6, 6.07) is 13.9. The van der Waals surface area contributed by atoms with Gasteiger partial charge in [0, 0.05) is 6.04 Å². The molecule has 3 heteroatoms. The predicted molar refractivity (Wildman–Crippen MR) is 81.6 cm³/mol. The first-order valence-electron chi connectivity index (χ1n) is 6.99. The number of esters is 1. The standard InChI is InChI=1S/C17H21NO2/c1-4-12(2)18-16(17(19)20-3)15-11-7-9-13-8-5-6-10-14(13)15/h5-12,16,18H,4H2,1-3H3. The van der Waals surface area contributed by atoms with Crippen LogP contribution in [-0.2, 0) is 9.53 Å². The fourth-order valence-corrected chi connectivity index (χ4v) is 2.31. The summed E-state index contributed by atoms with van der Waals surface area (Å²) in [5.41, 5.74) is 0.968. The van der Waals surface area contributed by atoms with Crippen molar-refractivity contribution < 1.29 is 9.53 Å². The molecule has 20 heavy (non-hydrogen) atoms. The highest BCUT2D eigenvalue weighted by molar-refractivity contribution is 5.91. The van der Waals surface area contributed by atoms with E-state index >= 15 is 0 Å². The Bertz CT molecular complexity index is 589. The highest BCUT2D eigenvalue weighted by Crippen LogP contribution is 2.25. The molecule has 2 rings (SSSR count). The molecule has 0 radical (unpaired) electrons. The maximum absolute atomic E-state index is 12.1. The van der Waals surface area contributed by atoms with Gasteiger partial charge in [-0.3, -0.25) is 5.32 Å². The third-order valence-electron chi connectivity index (χ3n) is 3.63. The molecule has 2 aromatic carbocycles. The van der Waals surface area contributed by atoms with Gasteiger partial charge in [0.15, 0.2) is 0 Å². The van der Waals surface area contributed by atoms with E-state index < -0.39 is 6.04 Å². The second kappa shape index (κ2) is 6.53. The molecular formula is C17H21NO2. The smallest absolute Gasteiger partial charge is 0.327 e. The molecule has 106 valence electrons. The van der Waals surface area contributed by atoms with Crippen molar-refractivity contribution in [3.63, 3.8) is 0 Å². The van der Waals surface area contributed by atoms with Crippen molar-refractivity contribution in [2.45, 2.75) is 32.4 Å². The number of hydrogen-bond acceptors (Lipinski definition) is 3. The molecule has 3 nitrogen and oxygen atoms in total. The molecular weight excluding hydrogens is 250 g/mol. The lowest BCUT2D eigenvalue weighted by Gasteiger charge is -2.22. The van der Waals surface area contributed by atoms with E-state index in [1.165, 1.54) is 7.11 Å². The average molecular weight is 271 g/mol. The van der Waals surface area contributed by atoms with Gasteiger partial charge < -0.3 is 4.74 Å². The molecule has 0 aromatic heterocycles. The summed E-state index contributed by atoms with van der Waals surface area (Å²) in [7, 11) is 1.43. The Hall–Kier alpha value is -1.87. The Labute approximate surface area is 119 Å². The van der Waals surface area contributed by atoms with Crippen LogP contribution >= 0.6 is 0 Å². The van der Waals surface area contributed by atoms with Crippen LogP contribution in [0.2, 0.25) is 0 Å². The van der Waals surface area contributed by atoms with Crippen LogP contribution in [0, 0.1) is 0 Å². The molecule has 0 fully saturated rings. The lowest BCUT2D eigenvalue weighted by atomic mass is 9.98. The van der Waals surface area contributed by atoms with Gasteiger partial charge in [0.25, 0.3) is 0 Å². The molecule has 2 aromatic rings. The molecule has 2 atom stereocenters. The highest BCUT2D eigenvalue weighted by Gasteiger charge is 2.24. The van der Waals surface area contributed by atoms with E-state index in [0.717, 1.165) is 22.8 Å². The van der Waals surface area contributed by atoms with Crippen LogP contribution < -0.4 is 5.32 Å². The Kier molecular flexibility index (Phi) is 4.74. The minimum atomic E-state index is -0.430. The van der Waals surface area contributed by atoms with Gasteiger partial charge in [-0.1, -0.05) is 49.4 Å². The first-order valence-corrected chi connectivity index (χ1v) is 6.99. The Balaban J connectivity index is 2.47. The fraction of sp³-hybridized carbons (Fsp3) is 0.353. The van der Waals surface area contributed by atoms with Crippen LogP contribution in [0.5, 0.6) is 0 Å². The van der Waals surface area contributed by atoms with Crippen molar-refractivity contribution in [2.24, 2.45) is 0 Å². The van der Waals surface area contributed by atoms with Gasteiger partial charge in [-0.25, -0.2) is 4.79 Å². The zero-order valence-electron chi connectivity index (χ0n) is 12.2. The normalized spacial score (nSPS) is 13.9. The van der Waals surface area contributed by atoms with Crippen molar-refractivity contribution in [3.8, 4) is 0 Å². The Morgan fingerprint density at radius 3 is 2.60 bits per heavy atom. The molecule has 0 bridgehead atoms. The molecule has 0 saturated heterocycles. The molecule has 0 spiro atoms. The maximum Gasteiger partial charge on any atom is 0.327 e. The van der Waals surface area contributed by atoms with Gasteiger partial charge in [-0.15, -0.1) is 0 Å². The van der Waals surface area contributed by atoms with E-state index in [-0.39, 0.29) is 12.0 Å². The zero-order chi connectivity index (χ0) is 14.5. The summed E-state index contributed by atoms with van der Waals surface area (Å²) in [6.07, 6.45) is 0.957. The van der Waals surface area contributed by atoms with E-state index in [9.17, 15) is 4.79 Å². The third kappa shape index (κ3) is 2.99. The molecule has 0 aliphatic carbocycles. The van der Waals surface area contributed by atoms with Crippen LogP contribution in [0.3, 0.4) is 0 Å². The van der Waals surface area contributed by atoms with Gasteiger partial charge in [0.2, 0.25) is 0 Å². The number of methoxy groups -OCH3 is 1. The van der Waals surface area contributed by atoms with Gasteiger partial charge in [-0.2, -0.15) is 0 Å². The largest absolute Gasteiger partial charge is 0.468 e. The van der Waals surface area contributed by atoms with E-state index in [1.807, 2.05) is 30.3 Å². The predicted octanol–water partition coefficient (Wildman–Crippen LogP) is 3.44. The van der Waals surface area contributed by atoms with Gasteiger partial charge in [-0.05, 0) is 29.7 Å². The van der Waals surface area contributed by atoms with E-state index in [1.54, 1.807) is 0 Å². The topological polar surface area (TPSA) is 38.3 Å². The molecule has 0 aliphatic rings. The van der Waals surface area contributed by atoms with Gasteiger partial charge in [0.05, 0.1) is 7.11 Å². The van der Waals surface area contributed by atoms with Gasteiger partial charge >= 0.3 is 5.97 Å². The third-order valence-corrected chi connectivity index (χ3v) is 3.63. The minimum absolute atomic E-state index is 0.248. The molecule has 0 amide bonds. The summed E-state index contributed by atoms with van der Waals surface area (Å²) in [5.74, 6) is -0.248. The second-order valence-corrected chi connectivity index (χ2v) is 5.00. The highest BCUT2D eigenvalue weighted by atomic mass is 16.5. The maximum atomic E-state index is 12.1. The summed E-state index contributed by atoms with van der Waals surface area (Å²) >= 11 is 0. The number of carbonyl (C=O) groups is 1. The van der Waals surface area contributed by atoms with Crippen LogP contribution in [0.1, 0.15) is 31.9 Å². The second-order valence-electron chi connectivity index (χ2n) is 5.00. The summed E-state index contributed by atoms with van der Waals surface area (Å²) in [5, 5.41) is 5.57. The lowest BCUT2D eigenvalue weighted by Crippen LogP contribution is -2.35. The zero-order valence-corrected chi connectivity index (χ0v) is 12.2. The Morgan fingerprint density at radius 2 is 1.90 bits per heavy atom. The van der Waals surface area contributed by atoms with Crippen molar-refractivity contribution in [2.75, 3.05) is 7.11 Å².